The minimum absolute atomic E-state index is 0.647. The largest absolute Gasteiger partial charge is 0.340 e. The maximum atomic E-state index is 9.32. The smallest absolute Gasteiger partial charge is 0.290 e. The van der Waals surface area contributed by atoms with Gasteiger partial charge in [0.25, 0.3) is 5.82 Å². The lowest BCUT2D eigenvalue weighted by Crippen LogP contribution is -3.05. The number of quaternary nitrogens is 1. The molecule has 21 heavy (non-hydrogen) atoms. The van der Waals surface area contributed by atoms with E-state index in [0.717, 1.165) is 36.5 Å². The molecule has 3 N–H and O–H groups in total. The summed E-state index contributed by atoms with van der Waals surface area (Å²) >= 11 is 0. The normalized spacial score (nSPS) is 10.4. The van der Waals surface area contributed by atoms with E-state index in [9.17, 15) is 5.26 Å². The van der Waals surface area contributed by atoms with Crippen molar-refractivity contribution >= 4 is 5.82 Å². The van der Waals surface area contributed by atoms with E-state index in [4.69, 9.17) is 0 Å². The molecule has 0 amide bonds. The Bertz CT molecular complexity index is 614. The van der Waals surface area contributed by atoms with Crippen LogP contribution in [-0.2, 0) is 0 Å². The predicted molar refractivity (Wildman–Crippen MR) is 83.9 cm³/mol. The summed E-state index contributed by atoms with van der Waals surface area (Å²) in [7, 11) is 4.28. The fraction of sp³-hybridized carbons (Fsp3) is 0.294. The van der Waals surface area contributed by atoms with Crippen molar-refractivity contribution in [3.63, 3.8) is 0 Å². The van der Waals surface area contributed by atoms with E-state index in [1.54, 1.807) is 0 Å². The topological polar surface area (TPSA) is 54.4 Å². The third-order valence-corrected chi connectivity index (χ3v) is 3.32. The van der Waals surface area contributed by atoms with Crippen LogP contribution in [0.25, 0.3) is 11.1 Å². The first-order valence-corrected chi connectivity index (χ1v) is 7.25. The van der Waals surface area contributed by atoms with Crippen molar-refractivity contribution in [2.45, 2.75) is 6.42 Å². The Morgan fingerprint density at radius 3 is 2.62 bits per heavy atom. The van der Waals surface area contributed by atoms with Crippen LogP contribution < -0.4 is 15.2 Å². The van der Waals surface area contributed by atoms with Crippen molar-refractivity contribution in [1.29, 1.82) is 5.26 Å². The van der Waals surface area contributed by atoms with Crippen LogP contribution in [0.3, 0.4) is 0 Å². The molecule has 0 unspecified atom stereocenters. The van der Waals surface area contributed by atoms with Gasteiger partial charge in [0.05, 0.1) is 33.4 Å². The van der Waals surface area contributed by atoms with Crippen molar-refractivity contribution < 1.29 is 9.88 Å². The number of nitriles is 1. The molecule has 0 saturated carbocycles. The molecule has 0 bridgehead atoms. The van der Waals surface area contributed by atoms with E-state index < -0.39 is 0 Å². The van der Waals surface area contributed by atoms with Crippen molar-refractivity contribution in [3.8, 4) is 17.2 Å². The van der Waals surface area contributed by atoms with E-state index in [1.807, 2.05) is 42.6 Å². The van der Waals surface area contributed by atoms with Gasteiger partial charge in [-0.2, -0.15) is 5.26 Å². The van der Waals surface area contributed by atoms with Gasteiger partial charge < -0.3 is 4.90 Å². The molecular formula is C17H22N4+2. The molecular weight excluding hydrogens is 260 g/mol. The molecule has 0 aliphatic rings. The highest BCUT2D eigenvalue weighted by molar-refractivity contribution is 5.65. The number of pyridine rings is 1. The number of nitrogens with zero attached hydrogens (tertiary/aromatic N) is 1. The molecule has 0 aliphatic carbocycles. The Labute approximate surface area is 126 Å². The number of benzene rings is 1. The van der Waals surface area contributed by atoms with Gasteiger partial charge in [0.15, 0.2) is 0 Å². The maximum absolute atomic E-state index is 9.32. The first-order chi connectivity index (χ1) is 10.2. The quantitative estimate of drug-likeness (QED) is 0.776. The van der Waals surface area contributed by atoms with Gasteiger partial charge in [0.1, 0.15) is 11.6 Å². The van der Waals surface area contributed by atoms with Crippen LogP contribution in [0.2, 0.25) is 0 Å². The van der Waals surface area contributed by atoms with E-state index in [2.05, 4.69) is 30.5 Å². The molecule has 1 aromatic carbocycles. The van der Waals surface area contributed by atoms with E-state index in [-0.39, 0.29) is 0 Å². The second kappa shape index (κ2) is 7.41. The standard InChI is InChI=1S/C17H20N4/c1-21(2)10-6-9-19-17-15(12-18)11-16(13-20-17)14-7-4-3-5-8-14/h3-5,7-8,11,13H,6,9-10H2,1-2H3,(H,19,20)/p+2. The summed E-state index contributed by atoms with van der Waals surface area (Å²) in [6.07, 6.45) is 3.01. The Morgan fingerprint density at radius 2 is 1.95 bits per heavy atom. The van der Waals surface area contributed by atoms with Crippen molar-refractivity contribution in [2.75, 3.05) is 32.5 Å². The maximum Gasteiger partial charge on any atom is 0.290 e. The summed E-state index contributed by atoms with van der Waals surface area (Å²) in [6, 6.07) is 14.2. The van der Waals surface area contributed by atoms with Gasteiger partial charge in [0.2, 0.25) is 0 Å². The Hall–Kier alpha value is -2.38. The number of hydrogen-bond donors (Lipinski definition) is 2. The fourth-order valence-corrected chi connectivity index (χ4v) is 2.18. The van der Waals surface area contributed by atoms with E-state index in [1.165, 1.54) is 4.90 Å². The molecule has 1 heterocycles. The lowest BCUT2D eigenvalue weighted by Gasteiger charge is -2.06. The van der Waals surface area contributed by atoms with Crippen LogP contribution in [0.1, 0.15) is 12.0 Å². The molecule has 0 fully saturated rings. The molecule has 0 spiro atoms. The fourth-order valence-electron chi connectivity index (χ4n) is 2.18. The summed E-state index contributed by atoms with van der Waals surface area (Å²) in [4.78, 5) is 4.63. The van der Waals surface area contributed by atoms with Gasteiger partial charge in [-0.25, -0.2) is 4.98 Å². The Balaban J connectivity index is 2.09. The zero-order chi connectivity index (χ0) is 15.1. The highest BCUT2D eigenvalue weighted by atomic mass is 15.1. The summed E-state index contributed by atoms with van der Waals surface area (Å²) < 4.78 is 0. The average Bonchev–Trinajstić information content (AvgIpc) is 2.52. The van der Waals surface area contributed by atoms with Gasteiger partial charge in [-0.1, -0.05) is 30.3 Å². The first kappa shape index (κ1) is 15.0. The Morgan fingerprint density at radius 1 is 1.19 bits per heavy atom. The van der Waals surface area contributed by atoms with Gasteiger partial charge in [-0.15, -0.1) is 0 Å². The molecule has 1 aromatic heterocycles. The van der Waals surface area contributed by atoms with Crippen LogP contribution in [0.5, 0.6) is 0 Å². The number of H-pyrrole nitrogens is 1. The molecule has 108 valence electrons. The third-order valence-electron chi connectivity index (χ3n) is 3.32. The lowest BCUT2D eigenvalue weighted by atomic mass is 10.1. The third kappa shape index (κ3) is 4.30. The predicted octanol–water partition coefficient (Wildman–Crippen LogP) is 0.986. The highest BCUT2D eigenvalue weighted by Gasteiger charge is 2.11. The Kier molecular flexibility index (Phi) is 5.30. The molecule has 0 saturated heterocycles. The highest BCUT2D eigenvalue weighted by Crippen LogP contribution is 2.20. The summed E-state index contributed by atoms with van der Waals surface area (Å²) in [5.41, 5.74) is 2.77. The van der Waals surface area contributed by atoms with E-state index in [0.29, 0.717) is 5.56 Å². The van der Waals surface area contributed by atoms with Gasteiger partial charge in [-0.3, -0.25) is 5.32 Å². The van der Waals surface area contributed by atoms with Crippen LogP contribution >= 0.6 is 0 Å². The number of hydrogen-bond acceptors (Lipinski definition) is 2. The molecule has 0 radical (unpaired) electrons. The minimum atomic E-state index is 0.647. The molecule has 4 heteroatoms. The zero-order valence-electron chi connectivity index (χ0n) is 12.6. The van der Waals surface area contributed by atoms with Crippen molar-refractivity contribution in [2.24, 2.45) is 0 Å². The summed E-state index contributed by atoms with van der Waals surface area (Å²) in [5, 5.41) is 12.6. The molecule has 2 aromatic rings. The number of rotatable bonds is 6. The van der Waals surface area contributed by atoms with Crippen LogP contribution in [0, 0.1) is 11.3 Å². The summed E-state index contributed by atoms with van der Waals surface area (Å²) in [5.74, 6) is 0.797. The van der Waals surface area contributed by atoms with Gasteiger partial charge in [-0.05, 0) is 11.6 Å². The minimum Gasteiger partial charge on any atom is -0.340 e. The first-order valence-electron chi connectivity index (χ1n) is 7.25. The van der Waals surface area contributed by atoms with Crippen LogP contribution in [0.15, 0.2) is 42.6 Å². The number of nitrogens with one attached hydrogen (secondary N) is 3. The van der Waals surface area contributed by atoms with Crippen LogP contribution in [-0.4, -0.2) is 27.2 Å². The summed E-state index contributed by atoms with van der Waals surface area (Å²) in [6.45, 7) is 1.97. The molecule has 0 aliphatic heterocycles. The SMILES string of the molecule is C[NH+](C)CCCNc1[nH+]cc(-c2ccccc2)cc1C#N. The second-order valence-corrected chi connectivity index (χ2v) is 5.39. The van der Waals surface area contributed by atoms with Gasteiger partial charge in [0, 0.05) is 12.0 Å². The average molecular weight is 282 g/mol. The van der Waals surface area contributed by atoms with Crippen molar-refractivity contribution in [3.05, 3.63) is 48.2 Å². The molecule has 0 atom stereocenters. The van der Waals surface area contributed by atoms with E-state index >= 15 is 0 Å². The van der Waals surface area contributed by atoms with Gasteiger partial charge >= 0.3 is 0 Å². The van der Waals surface area contributed by atoms with Crippen molar-refractivity contribution in [1.82, 2.24) is 0 Å². The van der Waals surface area contributed by atoms with Crippen LogP contribution in [0.4, 0.5) is 5.82 Å². The zero-order valence-corrected chi connectivity index (χ0v) is 12.6. The number of anilines is 1. The second-order valence-electron chi connectivity index (χ2n) is 5.39. The lowest BCUT2D eigenvalue weighted by molar-refractivity contribution is -0.858. The molecule has 2 rings (SSSR count). The molecule has 4 nitrogen and oxygen atoms in total. The monoisotopic (exact) mass is 282 g/mol. The number of aromatic amines is 1. The number of aromatic nitrogens is 1.